The molecule has 2 aliphatic rings. The van der Waals surface area contributed by atoms with Gasteiger partial charge in [-0.05, 0) is 43.7 Å². The second-order valence-corrected chi connectivity index (χ2v) is 5.59. The Balaban J connectivity index is 1.69. The Bertz CT molecular complexity index is 488. The average Bonchev–Trinajstić information content (AvgIpc) is 3.32. The van der Waals surface area contributed by atoms with E-state index in [-0.39, 0.29) is 5.91 Å². The molecule has 5 nitrogen and oxygen atoms in total. The average molecular weight is 275 g/mol. The molecule has 20 heavy (non-hydrogen) atoms. The number of aromatic nitrogens is 1. The van der Waals surface area contributed by atoms with Crippen LogP contribution in [0.15, 0.2) is 18.3 Å². The molecule has 5 heteroatoms. The Morgan fingerprint density at radius 2 is 2.25 bits per heavy atom. The molecule has 2 fully saturated rings. The van der Waals surface area contributed by atoms with Gasteiger partial charge in [0.2, 0.25) is 0 Å². The fraction of sp³-hybridized carbons (Fsp3) is 0.600. The van der Waals surface area contributed by atoms with Gasteiger partial charge in [0, 0.05) is 25.9 Å². The Hall–Kier alpha value is -1.62. The van der Waals surface area contributed by atoms with Crippen LogP contribution in [0.4, 0.5) is 5.82 Å². The van der Waals surface area contributed by atoms with Gasteiger partial charge in [-0.25, -0.2) is 4.98 Å². The lowest BCUT2D eigenvalue weighted by molar-refractivity contribution is -0.00223. The number of carbonyl (C=O) groups excluding carboxylic acids is 1. The molecule has 2 atom stereocenters. The summed E-state index contributed by atoms with van der Waals surface area (Å²) in [6.45, 7) is 0.793. The lowest BCUT2D eigenvalue weighted by atomic mass is 10.00. The van der Waals surface area contributed by atoms with Crippen molar-refractivity contribution in [1.29, 1.82) is 0 Å². The monoisotopic (exact) mass is 275 g/mol. The molecule has 1 saturated carbocycles. The zero-order valence-electron chi connectivity index (χ0n) is 11.8. The molecule has 2 unspecified atom stereocenters. The molecule has 108 valence electrons. The van der Waals surface area contributed by atoms with Crippen LogP contribution >= 0.6 is 0 Å². The third kappa shape index (κ3) is 2.93. The summed E-state index contributed by atoms with van der Waals surface area (Å²) in [5.41, 5.74) is 0.601. The molecule has 1 saturated heterocycles. The molecule has 3 rings (SSSR count). The summed E-state index contributed by atoms with van der Waals surface area (Å²) in [6, 6.07) is 3.92. The molecule has 2 heterocycles. The Morgan fingerprint density at radius 1 is 1.40 bits per heavy atom. The predicted molar refractivity (Wildman–Crippen MR) is 76.7 cm³/mol. The molecule has 1 aliphatic heterocycles. The van der Waals surface area contributed by atoms with Gasteiger partial charge in [-0.1, -0.05) is 0 Å². The first kappa shape index (κ1) is 13.4. The number of amides is 1. The highest BCUT2D eigenvalue weighted by Gasteiger charge is 2.36. The second kappa shape index (κ2) is 5.79. The van der Waals surface area contributed by atoms with Crippen molar-refractivity contribution < 1.29 is 9.53 Å². The summed E-state index contributed by atoms with van der Waals surface area (Å²) >= 11 is 0. The van der Waals surface area contributed by atoms with Gasteiger partial charge in [0.05, 0.1) is 11.7 Å². The maximum atomic E-state index is 11.8. The largest absolute Gasteiger partial charge is 0.378 e. The normalized spacial score (nSPS) is 26.1. The third-order valence-electron chi connectivity index (χ3n) is 4.08. The highest BCUT2D eigenvalue weighted by Crippen LogP contribution is 2.38. The van der Waals surface area contributed by atoms with Crippen LogP contribution in [0.5, 0.6) is 0 Å². The highest BCUT2D eigenvalue weighted by atomic mass is 16.5. The lowest BCUT2D eigenvalue weighted by Crippen LogP contribution is -2.36. The van der Waals surface area contributed by atoms with E-state index in [2.05, 4.69) is 15.6 Å². The molecule has 0 bridgehead atoms. The lowest BCUT2D eigenvalue weighted by Gasteiger charge is -2.31. The second-order valence-electron chi connectivity index (χ2n) is 5.59. The number of hydrogen-bond donors (Lipinski definition) is 2. The first-order chi connectivity index (χ1) is 9.78. The van der Waals surface area contributed by atoms with Crippen LogP contribution < -0.4 is 10.6 Å². The summed E-state index contributed by atoms with van der Waals surface area (Å²) in [5, 5.41) is 6.08. The molecule has 1 aromatic heterocycles. The van der Waals surface area contributed by atoms with Crippen molar-refractivity contribution in [3.8, 4) is 0 Å². The van der Waals surface area contributed by atoms with Crippen LogP contribution in [0.25, 0.3) is 0 Å². The van der Waals surface area contributed by atoms with Crippen molar-refractivity contribution in [3.63, 3.8) is 0 Å². The highest BCUT2D eigenvalue weighted by molar-refractivity contribution is 5.98. The van der Waals surface area contributed by atoms with E-state index in [1.165, 1.54) is 12.8 Å². The number of carbonyl (C=O) groups is 1. The molecule has 2 N–H and O–H groups in total. The SMILES string of the molecule is CNC(=O)c1cccnc1NC1CCOC(C2CC2)C1. The molecule has 0 spiro atoms. The van der Waals surface area contributed by atoms with E-state index in [1.54, 1.807) is 25.4 Å². The number of nitrogens with zero attached hydrogens (tertiary/aromatic N) is 1. The number of rotatable bonds is 4. The maximum absolute atomic E-state index is 11.8. The Kier molecular flexibility index (Phi) is 3.87. The Labute approximate surface area is 119 Å². The van der Waals surface area contributed by atoms with Gasteiger partial charge in [0.25, 0.3) is 5.91 Å². The van der Waals surface area contributed by atoms with Gasteiger partial charge in [0.1, 0.15) is 5.82 Å². The van der Waals surface area contributed by atoms with E-state index < -0.39 is 0 Å². The minimum Gasteiger partial charge on any atom is -0.378 e. The fourth-order valence-corrected chi connectivity index (χ4v) is 2.79. The number of pyridine rings is 1. The van der Waals surface area contributed by atoms with Crippen LogP contribution in [0.2, 0.25) is 0 Å². The Morgan fingerprint density at radius 3 is 3.00 bits per heavy atom. The van der Waals surface area contributed by atoms with Gasteiger partial charge in [0.15, 0.2) is 0 Å². The molecule has 0 radical (unpaired) electrons. The van der Waals surface area contributed by atoms with Crippen LogP contribution in [-0.2, 0) is 4.74 Å². The van der Waals surface area contributed by atoms with Crippen molar-refractivity contribution >= 4 is 11.7 Å². The summed E-state index contributed by atoms with van der Waals surface area (Å²) in [6.07, 6.45) is 6.66. The number of hydrogen-bond acceptors (Lipinski definition) is 4. The fourth-order valence-electron chi connectivity index (χ4n) is 2.79. The molecule has 1 amide bonds. The van der Waals surface area contributed by atoms with Crippen LogP contribution in [0.3, 0.4) is 0 Å². The number of nitrogens with one attached hydrogen (secondary N) is 2. The topological polar surface area (TPSA) is 63.2 Å². The van der Waals surface area contributed by atoms with E-state index in [4.69, 9.17) is 4.74 Å². The number of ether oxygens (including phenoxy) is 1. The van der Waals surface area contributed by atoms with Crippen LogP contribution in [0.1, 0.15) is 36.0 Å². The molecule has 1 aromatic rings. The van der Waals surface area contributed by atoms with Gasteiger partial charge < -0.3 is 15.4 Å². The predicted octanol–water partition coefficient (Wildman–Crippen LogP) is 1.81. The van der Waals surface area contributed by atoms with Crippen LogP contribution in [-0.4, -0.2) is 36.7 Å². The van der Waals surface area contributed by atoms with E-state index in [0.717, 1.165) is 25.4 Å². The van der Waals surface area contributed by atoms with Gasteiger partial charge in [-0.2, -0.15) is 0 Å². The quantitative estimate of drug-likeness (QED) is 0.879. The molecular formula is C15H21N3O2. The molecule has 0 aromatic carbocycles. The zero-order valence-corrected chi connectivity index (χ0v) is 11.8. The van der Waals surface area contributed by atoms with Crippen molar-refractivity contribution in [2.75, 3.05) is 19.0 Å². The van der Waals surface area contributed by atoms with E-state index in [9.17, 15) is 4.79 Å². The maximum Gasteiger partial charge on any atom is 0.254 e. The van der Waals surface area contributed by atoms with Gasteiger partial charge in [-0.3, -0.25) is 4.79 Å². The standard InChI is InChI=1S/C15H21N3O2/c1-16-15(19)12-3-2-7-17-14(12)18-11-6-8-20-13(9-11)10-4-5-10/h2-3,7,10-11,13H,4-6,8-9H2,1H3,(H,16,19)(H,17,18). The molecular weight excluding hydrogens is 254 g/mol. The van der Waals surface area contributed by atoms with Crippen molar-refractivity contribution in [1.82, 2.24) is 10.3 Å². The summed E-state index contributed by atoms with van der Waals surface area (Å²) in [7, 11) is 1.64. The van der Waals surface area contributed by atoms with Crippen LogP contribution in [0, 0.1) is 5.92 Å². The smallest absolute Gasteiger partial charge is 0.254 e. The molecule has 1 aliphatic carbocycles. The van der Waals surface area contributed by atoms with E-state index in [1.807, 2.05) is 0 Å². The van der Waals surface area contributed by atoms with E-state index in [0.29, 0.717) is 23.5 Å². The van der Waals surface area contributed by atoms with Crippen molar-refractivity contribution in [2.45, 2.75) is 37.8 Å². The number of anilines is 1. The summed E-state index contributed by atoms with van der Waals surface area (Å²) in [5.74, 6) is 1.32. The minimum atomic E-state index is -0.105. The summed E-state index contributed by atoms with van der Waals surface area (Å²) < 4.78 is 5.83. The zero-order chi connectivity index (χ0) is 13.9. The first-order valence-electron chi connectivity index (χ1n) is 7.33. The minimum absolute atomic E-state index is 0.105. The first-order valence-corrected chi connectivity index (χ1v) is 7.33. The third-order valence-corrected chi connectivity index (χ3v) is 4.08. The summed E-state index contributed by atoms with van der Waals surface area (Å²) in [4.78, 5) is 16.2. The van der Waals surface area contributed by atoms with Gasteiger partial charge >= 0.3 is 0 Å². The van der Waals surface area contributed by atoms with Crippen molar-refractivity contribution in [3.05, 3.63) is 23.9 Å². The van der Waals surface area contributed by atoms with E-state index >= 15 is 0 Å². The van der Waals surface area contributed by atoms with Crippen molar-refractivity contribution in [2.24, 2.45) is 5.92 Å². The van der Waals surface area contributed by atoms with Gasteiger partial charge in [-0.15, -0.1) is 0 Å².